The first-order valence-electron chi connectivity index (χ1n) is 7.28. The molecule has 118 valence electrons. The minimum atomic E-state index is -0.143. The third-order valence-corrected chi connectivity index (χ3v) is 3.77. The van der Waals surface area contributed by atoms with Crippen LogP contribution >= 0.6 is 0 Å². The van der Waals surface area contributed by atoms with Gasteiger partial charge in [-0.1, -0.05) is 18.2 Å². The second-order valence-corrected chi connectivity index (χ2v) is 5.11. The molecule has 1 amide bonds. The SMILES string of the molecule is COc1ccc2[nH]cc(C(=O)NCc3ccccc3OC)c2c1. The van der Waals surface area contributed by atoms with Crippen LogP contribution in [-0.4, -0.2) is 25.1 Å². The van der Waals surface area contributed by atoms with Crippen molar-refractivity contribution in [2.24, 2.45) is 0 Å². The van der Waals surface area contributed by atoms with Crippen LogP contribution in [0.1, 0.15) is 15.9 Å². The number of methoxy groups -OCH3 is 2. The summed E-state index contributed by atoms with van der Waals surface area (Å²) in [5.41, 5.74) is 2.42. The lowest BCUT2D eigenvalue weighted by atomic mass is 10.1. The lowest BCUT2D eigenvalue weighted by molar-refractivity contribution is 0.0952. The fraction of sp³-hybridized carbons (Fsp3) is 0.167. The van der Waals surface area contributed by atoms with E-state index in [0.717, 1.165) is 28.0 Å². The van der Waals surface area contributed by atoms with Gasteiger partial charge in [-0.3, -0.25) is 4.79 Å². The van der Waals surface area contributed by atoms with Crippen molar-refractivity contribution in [2.75, 3.05) is 14.2 Å². The number of aromatic amines is 1. The van der Waals surface area contributed by atoms with Crippen molar-refractivity contribution in [1.29, 1.82) is 0 Å². The molecule has 23 heavy (non-hydrogen) atoms. The monoisotopic (exact) mass is 310 g/mol. The highest BCUT2D eigenvalue weighted by atomic mass is 16.5. The van der Waals surface area contributed by atoms with Gasteiger partial charge >= 0.3 is 0 Å². The Labute approximate surface area is 134 Å². The van der Waals surface area contributed by atoms with E-state index in [1.807, 2.05) is 42.5 Å². The number of aromatic nitrogens is 1. The fourth-order valence-corrected chi connectivity index (χ4v) is 2.53. The minimum absolute atomic E-state index is 0.143. The van der Waals surface area contributed by atoms with E-state index in [9.17, 15) is 4.79 Å². The number of amides is 1. The first-order chi connectivity index (χ1) is 11.2. The summed E-state index contributed by atoms with van der Waals surface area (Å²) in [7, 11) is 3.22. The van der Waals surface area contributed by atoms with Gasteiger partial charge in [0.05, 0.1) is 19.8 Å². The first-order valence-corrected chi connectivity index (χ1v) is 7.28. The van der Waals surface area contributed by atoms with Gasteiger partial charge in [-0.05, 0) is 24.3 Å². The molecule has 0 atom stereocenters. The second-order valence-electron chi connectivity index (χ2n) is 5.11. The Morgan fingerprint density at radius 3 is 2.74 bits per heavy atom. The Kier molecular flexibility index (Phi) is 4.19. The number of carbonyl (C=O) groups excluding carboxylic acids is 1. The van der Waals surface area contributed by atoms with Crippen LogP contribution in [-0.2, 0) is 6.54 Å². The average molecular weight is 310 g/mol. The Morgan fingerprint density at radius 2 is 1.96 bits per heavy atom. The molecule has 0 aliphatic carbocycles. The predicted octanol–water partition coefficient (Wildman–Crippen LogP) is 3.12. The summed E-state index contributed by atoms with van der Waals surface area (Å²) in [4.78, 5) is 15.6. The van der Waals surface area contributed by atoms with Crippen molar-refractivity contribution in [3.05, 3.63) is 59.8 Å². The van der Waals surface area contributed by atoms with Crippen molar-refractivity contribution in [1.82, 2.24) is 10.3 Å². The second kappa shape index (κ2) is 6.44. The van der Waals surface area contributed by atoms with Crippen LogP contribution in [0.15, 0.2) is 48.7 Å². The molecule has 2 aromatic carbocycles. The lowest BCUT2D eigenvalue weighted by Crippen LogP contribution is -2.22. The maximum atomic E-state index is 12.5. The minimum Gasteiger partial charge on any atom is -0.497 e. The highest BCUT2D eigenvalue weighted by molar-refractivity contribution is 6.07. The van der Waals surface area contributed by atoms with Crippen molar-refractivity contribution < 1.29 is 14.3 Å². The quantitative estimate of drug-likeness (QED) is 0.761. The molecule has 1 heterocycles. The standard InChI is InChI=1S/C18H18N2O3/c1-22-13-7-8-16-14(9-13)15(11-19-16)18(21)20-10-12-5-3-4-6-17(12)23-2/h3-9,11,19H,10H2,1-2H3,(H,20,21). The van der Waals surface area contributed by atoms with Gasteiger partial charge in [-0.25, -0.2) is 0 Å². The summed E-state index contributed by atoms with van der Waals surface area (Å²) >= 11 is 0. The van der Waals surface area contributed by atoms with Gasteiger partial charge in [-0.2, -0.15) is 0 Å². The lowest BCUT2D eigenvalue weighted by Gasteiger charge is -2.09. The first kappa shape index (κ1) is 15.0. The molecule has 0 spiro atoms. The zero-order valence-corrected chi connectivity index (χ0v) is 13.1. The molecule has 5 heteroatoms. The Balaban J connectivity index is 1.81. The highest BCUT2D eigenvalue weighted by Crippen LogP contribution is 2.24. The number of ether oxygens (including phenoxy) is 2. The predicted molar refractivity (Wildman–Crippen MR) is 89.0 cm³/mol. The topological polar surface area (TPSA) is 63.4 Å². The van der Waals surface area contributed by atoms with Gasteiger partial charge in [-0.15, -0.1) is 0 Å². The van der Waals surface area contributed by atoms with Crippen molar-refractivity contribution in [3.8, 4) is 11.5 Å². The molecule has 3 aromatic rings. The molecule has 0 saturated carbocycles. The van der Waals surface area contributed by atoms with Crippen molar-refractivity contribution >= 4 is 16.8 Å². The zero-order chi connectivity index (χ0) is 16.2. The maximum absolute atomic E-state index is 12.5. The smallest absolute Gasteiger partial charge is 0.253 e. The van der Waals surface area contributed by atoms with Crippen LogP contribution in [0, 0.1) is 0 Å². The largest absolute Gasteiger partial charge is 0.497 e. The number of benzene rings is 2. The number of hydrogen-bond donors (Lipinski definition) is 2. The van der Waals surface area contributed by atoms with Gasteiger partial charge in [0.15, 0.2) is 0 Å². The third kappa shape index (κ3) is 2.99. The number of para-hydroxylation sites is 1. The van der Waals surface area contributed by atoms with E-state index in [-0.39, 0.29) is 5.91 Å². The van der Waals surface area contributed by atoms with Gasteiger partial charge < -0.3 is 19.8 Å². The number of H-pyrrole nitrogens is 1. The molecule has 0 bridgehead atoms. The summed E-state index contributed by atoms with van der Waals surface area (Å²) in [6.07, 6.45) is 1.71. The van der Waals surface area contributed by atoms with E-state index in [1.165, 1.54) is 0 Å². The molecular weight excluding hydrogens is 292 g/mol. The summed E-state index contributed by atoms with van der Waals surface area (Å²) in [6, 6.07) is 13.2. The molecule has 3 rings (SSSR count). The maximum Gasteiger partial charge on any atom is 0.253 e. The molecule has 0 aliphatic heterocycles. The van der Waals surface area contributed by atoms with Gasteiger partial charge in [0.25, 0.3) is 5.91 Å². The van der Waals surface area contributed by atoms with Crippen molar-refractivity contribution in [3.63, 3.8) is 0 Å². The molecule has 0 radical (unpaired) electrons. The van der Waals surface area contributed by atoms with E-state index in [1.54, 1.807) is 20.4 Å². The molecule has 5 nitrogen and oxygen atoms in total. The summed E-state index contributed by atoms with van der Waals surface area (Å²) in [5.74, 6) is 1.33. The Morgan fingerprint density at radius 1 is 1.13 bits per heavy atom. The number of nitrogens with one attached hydrogen (secondary N) is 2. The van der Waals surface area contributed by atoms with Crippen LogP contribution in [0.4, 0.5) is 0 Å². The molecule has 0 aliphatic rings. The number of rotatable bonds is 5. The van der Waals surface area contributed by atoms with Crippen LogP contribution in [0.25, 0.3) is 10.9 Å². The normalized spacial score (nSPS) is 10.5. The van der Waals surface area contributed by atoms with E-state index in [0.29, 0.717) is 12.1 Å². The number of hydrogen-bond acceptors (Lipinski definition) is 3. The summed E-state index contributed by atoms with van der Waals surface area (Å²) in [6.45, 7) is 0.402. The van der Waals surface area contributed by atoms with E-state index < -0.39 is 0 Å². The van der Waals surface area contributed by atoms with E-state index in [2.05, 4.69) is 10.3 Å². The van der Waals surface area contributed by atoms with Gasteiger partial charge in [0.2, 0.25) is 0 Å². The van der Waals surface area contributed by atoms with Crippen molar-refractivity contribution in [2.45, 2.75) is 6.54 Å². The van der Waals surface area contributed by atoms with Crippen LogP contribution in [0.2, 0.25) is 0 Å². The number of fused-ring (bicyclic) bond motifs is 1. The zero-order valence-electron chi connectivity index (χ0n) is 13.1. The van der Waals surface area contributed by atoms with Crippen LogP contribution in [0.3, 0.4) is 0 Å². The van der Waals surface area contributed by atoms with E-state index in [4.69, 9.17) is 9.47 Å². The van der Waals surface area contributed by atoms with Gasteiger partial charge in [0, 0.05) is 29.2 Å². The molecule has 0 fully saturated rings. The molecule has 2 N–H and O–H groups in total. The number of carbonyl (C=O) groups is 1. The fourth-order valence-electron chi connectivity index (χ4n) is 2.53. The average Bonchev–Trinajstić information content (AvgIpc) is 3.02. The summed E-state index contributed by atoms with van der Waals surface area (Å²) in [5, 5.41) is 3.76. The Hall–Kier alpha value is -2.95. The Bertz CT molecular complexity index is 839. The third-order valence-electron chi connectivity index (χ3n) is 3.77. The molecule has 0 unspecified atom stereocenters. The molecule has 0 saturated heterocycles. The molecular formula is C18H18N2O3. The van der Waals surface area contributed by atoms with Gasteiger partial charge in [0.1, 0.15) is 11.5 Å². The summed E-state index contributed by atoms with van der Waals surface area (Å²) < 4.78 is 10.5. The molecule has 1 aromatic heterocycles. The van der Waals surface area contributed by atoms with E-state index >= 15 is 0 Å². The van der Waals surface area contributed by atoms with Crippen LogP contribution in [0.5, 0.6) is 11.5 Å². The van der Waals surface area contributed by atoms with Crippen LogP contribution < -0.4 is 14.8 Å². The highest BCUT2D eigenvalue weighted by Gasteiger charge is 2.13.